The first-order chi connectivity index (χ1) is 28.8. The molecule has 0 aliphatic carbocycles. The largest absolute Gasteiger partial charge is 0.471 e. The highest BCUT2D eigenvalue weighted by Crippen LogP contribution is 2.35. The number of rotatable bonds is 8. The van der Waals surface area contributed by atoms with Gasteiger partial charge in [0.15, 0.2) is 0 Å². The molecule has 10 aromatic rings. The van der Waals surface area contributed by atoms with Crippen molar-refractivity contribution in [3.05, 3.63) is 218 Å². The van der Waals surface area contributed by atoms with E-state index >= 15 is 0 Å². The van der Waals surface area contributed by atoms with Crippen LogP contribution in [-0.4, -0.2) is 13.4 Å². The summed E-state index contributed by atoms with van der Waals surface area (Å²) in [6.45, 7) is -0.363. The van der Waals surface area contributed by atoms with Gasteiger partial charge in [-0.25, -0.2) is 0 Å². The van der Waals surface area contributed by atoms with Crippen molar-refractivity contribution >= 4 is 103 Å². The fourth-order valence-corrected chi connectivity index (χ4v) is 8.93. The Kier molecular flexibility index (Phi) is 8.32. The van der Waals surface area contributed by atoms with Crippen LogP contribution in [-0.2, 0) is 0 Å². The Morgan fingerprint density at radius 1 is 0.276 bits per heavy atom. The van der Waals surface area contributed by atoms with Gasteiger partial charge in [0.25, 0.3) is 13.4 Å². The summed E-state index contributed by atoms with van der Waals surface area (Å²) in [5, 5.41) is 2.21. The van der Waals surface area contributed by atoms with E-state index in [2.05, 4.69) is 228 Å². The summed E-state index contributed by atoms with van der Waals surface area (Å²) in [5.41, 5.74) is 14.9. The fourth-order valence-electron chi connectivity index (χ4n) is 8.93. The van der Waals surface area contributed by atoms with E-state index in [4.69, 9.17) is 8.83 Å². The van der Waals surface area contributed by atoms with Gasteiger partial charge in [-0.15, -0.1) is 0 Å². The van der Waals surface area contributed by atoms with Crippen LogP contribution in [0.5, 0.6) is 0 Å². The van der Waals surface area contributed by atoms with E-state index in [0.29, 0.717) is 0 Å². The smallest absolute Gasteiger partial charge is 0.290 e. The Bertz CT molecular complexity index is 2720. The first-order valence-corrected chi connectivity index (χ1v) is 19.8. The second-order valence-electron chi connectivity index (χ2n) is 14.8. The number of fused-ring (bicyclic) bond motifs is 6. The third-order valence-electron chi connectivity index (χ3n) is 11.5. The summed E-state index contributed by atoms with van der Waals surface area (Å²) in [5.74, 6) is 0. The number of hydrogen-bond acceptors (Lipinski definition) is 4. The van der Waals surface area contributed by atoms with Crippen LogP contribution in [0.1, 0.15) is 0 Å². The lowest BCUT2D eigenvalue weighted by Gasteiger charge is -2.28. The zero-order valence-electron chi connectivity index (χ0n) is 31.7. The Balaban J connectivity index is 1.07. The second kappa shape index (κ2) is 14.3. The summed E-state index contributed by atoms with van der Waals surface area (Å²) >= 11 is 0. The Hall–Kier alpha value is -7.43. The van der Waals surface area contributed by atoms with Crippen LogP contribution in [0.25, 0.3) is 21.9 Å². The molecule has 11 rings (SSSR count). The van der Waals surface area contributed by atoms with Crippen LogP contribution in [0.2, 0.25) is 0 Å². The third kappa shape index (κ3) is 5.72. The predicted octanol–water partition coefficient (Wildman–Crippen LogP) is 9.46. The zero-order valence-corrected chi connectivity index (χ0v) is 31.7. The summed E-state index contributed by atoms with van der Waals surface area (Å²) in [4.78, 5) is 4.60. The molecule has 3 heterocycles. The molecule has 0 atom stereocenters. The van der Waals surface area contributed by atoms with E-state index in [9.17, 15) is 0 Å². The summed E-state index contributed by atoms with van der Waals surface area (Å²) < 4.78 is 14.0. The molecule has 2 aromatic heterocycles. The van der Waals surface area contributed by atoms with Crippen LogP contribution < -0.4 is 43.0 Å². The molecule has 0 N–H and O–H groups in total. The molecule has 0 saturated heterocycles. The van der Waals surface area contributed by atoms with Crippen molar-refractivity contribution in [2.24, 2.45) is 0 Å². The standard InChI is InChI=1S/C52H36B2N2O2/c1-5-17-39(18-6-1)55(40-19-7-2-8-20-40)43-33-29-37(30-34-43)53-49-45-25-13-15-27-47(45)58-52(49)54(50-46-26-14-16-28-48(46)57-51(50)53)38-31-35-44(36-32-38)56(41-21-9-3-10-22-41)42-23-11-4-12-24-42/h1-36H. The summed E-state index contributed by atoms with van der Waals surface area (Å²) in [6.07, 6.45) is 0. The molecule has 0 amide bonds. The van der Waals surface area contributed by atoms with Gasteiger partial charge in [-0.3, -0.25) is 0 Å². The van der Waals surface area contributed by atoms with Crippen LogP contribution in [0.4, 0.5) is 34.1 Å². The van der Waals surface area contributed by atoms with Crippen LogP contribution in [0.3, 0.4) is 0 Å². The van der Waals surface area contributed by atoms with Crippen molar-refractivity contribution in [2.45, 2.75) is 0 Å². The zero-order chi connectivity index (χ0) is 38.4. The molecule has 0 fully saturated rings. The Labute approximate surface area is 338 Å². The lowest BCUT2D eigenvalue weighted by molar-refractivity contribution is 0.647. The van der Waals surface area contributed by atoms with Crippen LogP contribution in [0.15, 0.2) is 227 Å². The molecular weight excluding hydrogens is 706 g/mol. The van der Waals surface area contributed by atoms with E-state index in [-0.39, 0.29) is 13.4 Å². The lowest BCUT2D eigenvalue weighted by Crippen LogP contribution is -2.73. The quantitative estimate of drug-likeness (QED) is 0.145. The van der Waals surface area contributed by atoms with Gasteiger partial charge in [0, 0.05) is 44.9 Å². The molecular formula is C52H36B2N2O2. The van der Waals surface area contributed by atoms with Gasteiger partial charge in [-0.1, -0.05) is 144 Å². The van der Waals surface area contributed by atoms with Gasteiger partial charge in [-0.2, -0.15) is 0 Å². The molecule has 6 heteroatoms. The summed E-state index contributed by atoms with van der Waals surface area (Å²) in [7, 11) is 0. The molecule has 0 saturated carbocycles. The highest BCUT2D eigenvalue weighted by molar-refractivity contribution is 7.12. The number of nitrogens with zero attached hydrogens (tertiary/aromatic N) is 2. The fraction of sp³-hybridized carbons (Fsp3) is 0. The van der Waals surface area contributed by atoms with Crippen molar-refractivity contribution in [2.75, 3.05) is 9.80 Å². The highest BCUT2D eigenvalue weighted by Gasteiger charge is 2.46. The first kappa shape index (κ1) is 33.9. The molecule has 272 valence electrons. The maximum atomic E-state index is 7.02. The maximum Gasteiger partial charge on any atom is 0.290 e. The maximum absolute atomic E-state index is 7.02. The average molecular weight is 742 g/mol. The highest BCUT2D eigenvalue weighted by atomic mass is 16.3. The molecule has 0 radical (unpaired) electrons. The number of benzene rings is 8. The average Bonchev–Trinajstić information content (AvgIpc) is 3.87. The third-order valence-corrected chi connectivity index (χ3v) is 11.5. The number of furan rings is 2. The van der Waals surface area contributed by atoms with Crippen molar-refractivity contribution in [3.8, 4) is 0 Å². The first-order valence-electron chi connectivity index (χ1n) is 19.8. The molecule has 58 heavy (non-hydrogen) atoms. The van der Waals surface area contributed by atoms with Gasteiger partial charge in [0.05, 0.1) is 11.3 Å². The van der Waals surface area contributed by atoms with E-state index in [0.717, 1.165) is 89.2 Å². The molecule has 8 aromatic carbocycles. The van der Waals surface area contributed by atoms with Crippen molar-refractivity contribution in [1.82, 2.24) is 0 Å². The molecule has 0 bridgehead atoms. The van der Waals surface area contributed by atoms with E-state index < -0.39 is 0 Å². The predicted molar refractivity (Wildman–Crippen MR) is 244 cm³/mol. The minimum atomic E-state index is -0.181. The molecule has 1 aliphatic rings. The minimum Gasteiger partial charge on any atom is -0.471 e. The normalized spacial score (nSPS) is 12.1. The molecule has 0 unspecified atom stereocenters. The van der Waals surface area contributed by atoms with E-state index in [1.807, 2.05) is 0 Å². The van der Waals surface area contributed by atoms with Gasteiger partial charge in [-0.05, 0) is 95.9 Å². The monoisotopic (exact) mass is 742 g/mol. The lowest BCUT2D eigenvalue weighted by atomic mass is 9.24. The molecule has 4 nitrogen and oxygen atoms in total. The van der Waals surface area contributed by atoms with E-state index in [1.54, 1.807) is 0 Å². The van der Waals surface area contributed by atoms with Crippen molar-refractivity contribution < 1.29 is 8.83 Å². The minimum absolute atomic E-state index is 0.181. The van der Waals surface area contributed by atoms with Crippen LogP contribution in [0, 0.1) is 0 Å². The number of para-hydroxylation sites is 6. The van der Waals surface area contributed by atoms with Gasteiger partial charge < -0.3 is 18.6 Å². The molecule has 1 aliphatic heterocycles. The van der Waals surface area contributed by atoms with Gasteiger partial charge >= 0.3 is 0 Å². The van der Waals surface area contributed by atoms with Crippen molar-refractivity contribution in [1.29, 1.82) is 0 Å². The SMILES string of the molecule is c1ccc(N(c2ccccc2)c2ccc(B3c4oc5ccccc5c4B(c4ccc(N(c5ccccc5)c5ccccc5)cc4)c4oc5ccccc5c43)cc2)cc1. The van der Waals surface area contributed by atoms with E-state index in [1.165, 1.54) is 0 Å². The second-order valence-corrected chi connectivity index (χ2v) is 14.8. The van der Waals surface area contributed by atoms with Crippen LogP contribution >= 0.6 is 0 Å². The van der Waals surface area contributed by atoms with Crippen molar-refractivity contribution in [3.63, 3.8) is 0 Å². The Morgan fingerprint density at radius 2 is 0.552 bits per heavy atom. The topological polar surface area (TPSA) is 32.8 Å². The Morgan fingerprint density at radius 3 is 0.879 bits per heavy atom. The summed E-state index contributed by atoms with van der Waals surface area (Å²) in [6, 6.07) is 77.0. The van der Waals surface area contributed by atoms with Gasteiger partial charge in [0.2, 0.25) is 0 Å². The number of hydrogen-bond donors (Lipinski definition) is 0. The van der Waals surface area contributed by atoms with Gasteiger partial charge in [0.1, 0.15) is 11.2 Å². The number of anilines is 6. The molecule has 0 spiro atoms.